The second kappa shape index (κ2) is 9.14. The molecule has 0 aliphatic heterocycles. The van der Waals surface area contributed by atoms with Crippen molar-refractivity contribution in [3.05, 3.63) is 12.2 Å². The van der Waals surface area contributed by atoms with Crippen LogP contribution in [0.4, 0.5) is 0 Å². The van der Waals surface area contributed by atoms with E-state index in [1.807, 2.05) is 0 Å². The number of rotatable bonds is 10. The molecule has 0 aliphatic carbocycles. The highest BCUT2D eigenvalue weighted by Gasteiger charge is 2.26. The fourth-order valence-corrected chi connectivity index (χ4v) is 9.10. The average Bonchev–Trinajstić information content (AvgIpc) is 2.45. The van der Waals surface area contributed by atoms with Crippen molar-refractivity contribution in [1.29, 1.82) is 0 Å². The van der Waals surface area contributed by atoms with Gasteiger partial charge in [-0.1, -0.05) is 90.0 Å². The molecule has 0 fully saturated rings. The Bertz CT molecular complexity index is 185. The molecule has 0 heterocycles. The van der Waals surface area contributed by atoms with E-state index in [1.54, 1.807) is 0 Å². The minimum Gasteiger partial charge on any atom is -0.0915 e. The summed E-state index contributed by atoms with van der Waals surface area (Å²) < 4.78 is 0. The second-order valence-electron chi connectivity index (χ2n) is 6.00. The highest BCUT2D eigenvalue weighted by Crippen LogP contribution is 2.28. The first-order valence-electron chi connectivity index (χ1n) is 8.22. The predicted octanol–water partition coefficient (Wildman–Crippen LogP) is 6.56. The van der Waals surface area contributed by atoms with Gasteiger partial charge in [0.25, 0.3) is 0 Å². The highest BCUT2D eigenvalue weighted by atomic mass is 28.3. The Labute approximate surface area is 118 Å². The van der Waals surface area contributed by atoms with Gasteiger partial charge < -0.3 is 0 Å². The van der Waals surface area contributed by atoms with Gasteiger partial charge in [-0.3, -0.25) is 0 Å². The maximum absolute atomic E-state index is 2.56. The summed E-state index contributed by atoms with van der Waals surface area (Å²) in [5.41, 5.74) is 0. The molecule has 2 heteroatoms. The molecule has 0 aliphatic rings. The summed E-state index contributed by atoms with van der Waals surface area (Å²) in [6, 6.07) is 11.6. The van der Waals surface area contributed by atoms with E-state index in [1.165, 1.54) is 48.4 Å². The van der Waals surface area contributed by atoms with E-state index in [0.29, 0.717) is 0 Å². The van der Waals surface area contributed by atoms with Gasteiger partial charge in [-0.15, -0.1) is 0 Å². The average molecular weight is 285 g/mol. The van der Waals surface area contributed by atoms with Crippen LogP contribution in [-0.2, 0) is 0 Å². The zero-order valence-corrected chi connectivity index (χ0v) is 15.8. The van der Waals surface area contributed by atoms with Crippen LogP contribution in [0.2, 0.25) is 48.4 Å². The molecule has 0 spiro atoms. The van der Waals surface area contributed by atoms with Gasteiger partial charge in [-0.05, 0) is 12.1 Å². The first-order valence-corrected chi connectivity index (χ1v) is 13.9. The molecule has 0 aromatic carbocycles. The highest BCUT2D eigenvalue weighted by molar-refractivity contribution is 6.80. The molecule has 0 radical (unpaired) electrons. The topological polar surface area (TPSA) is 0 Å². The number of allylic oxidation sites excluding steroid dienone is 2. The van der Waals surface area contributed by atoms with Gasteiger partial charge in [-0.25, -0.2) is 0 Å². The Kier molecular flexibility index (Phi) is 9.23. The van der Waals surface area contributed by atoms with Gasteiger partial charge in [0.1, 0.15) is 0 Å². The smallest absolute Gasteiger partial charge is 0.0565 e. The van der Waals surface area contributed by atoms with Gasteiger partial charge in [0.2, 0.25) is 0 Å². The SMILES string of the molecule is CC[Si](CC)(CC)C/C=C/C[Si](CC)(CC)CC. The van der Waals surface area contributed by atoms with Gasteiger partial charge in [0.05, 0.1) is 16.1 Å². The zero-order valence-electron chi connectivity index (χ0n) is 13.8. The van der Waals surface area contributed by atoms with Crippen LogP contribution >= 0.6 is 0 Å². The van der Waals surface area contributed by atoms with Crippen LogP contribution in [0.1, 0.15) is 41.5 Å². The summed E-state index contributed by atoms with van der Waals surface area (Å²) in [7, 11) is -1.83. The lowest BCUT2D eigenvalue weighted by molar-refractivity contribution is 1.13. The molecule has 108 valence electrons. The Hall–Kier alpha value is 0.174. The largest absolute Gasteiger partial charge is 0.0915 e. The maximum atomic E-state index is 2.56. The molecule has 0 amide bonds. The molecule has 0 bridgehead atoms. The molecule has 0 rings (SSSR count). The fraction of sp³-hybridized carbons (Fsp3) is 0.875. The van der Waals surface area contributed by atoms with E-state index in [2.05, 4.69) is 53.7 Å². The second-order valence-corrected chi connectivity index (χ2v) is 17.1. The molecule has 0 aromatic heterocycles. The van der Waals surface area contributed by atoms with Crippen molar-refractivity contribution < 1.29 is 0 Å². The van der Waals surface area contributed by atoms with Gasteiger partial charge in [0, 0.05) is 0 Å². The summed E-state index contributed by atoms with van der Waals surface area (Å²) in [4.78, 5) is 0. The number of hydrogen-bond acceptors (Lipinski definition) is 0. The third-order valence-corrected chi connectivity index (χ3v) is 17.0. The quantitative estimate of drug-likeness (QED) is 0.315. The van der Waals surface area contributed by atoms with E-state index in [0.717, 1.165) is 0 Å². The standard InChI is InChI=1S/C16H36Si2/c1-7-17(8-2,9-3)15-13-14-16-18(10-4,11-5)12-6/h13-14H,7-12,15-16H2,1-6H3/b14-13+. The molecule has 0 nitrogen and oxygen atoms in total. The van der Waals surface area contributed by atoms with Crippen molar-refractivity contribution in [2.75, 3.05) is 0 Å². The van der Waals surface area contributed by atoms with E-state index < -0.39 is 16.1 Å². The lowest BCUT2D eigenvalue weighted by Crippen LogP contribution is -2.31. The molecule has 0 saturated carbocycles. The molecular weight excluding hydrogens is 248 g/mol. The van der Waals surface area contributed by atoms with E-state index in [4.69, 9.17) is 0 Å². The summed E-state index contributed by atoms with van der Waals surface area (Å²) >= 11 is 0. The van der Waals surface area contributed by atoms with Crippen molar-refractivity contribution in [2.45, 2.75) is 89.9 Å². The lowest BCUT2D eigenvalue weighted by atomic mass is 10.6. The molecule has 0 N–H and O–H groups in total. The molecule has 0 unspecified atom stereocenters. The van der Waals surface area contributed by atoms with E-state index in [-0.39, 0.29) is 0 Å². The van der Waals surface area contributed by atoms with Crippen LogP contribution in [0.3, 0.4) is 0 Å². The van der Waals surface area contributed by atoms with Crippen molar-refractivity contribution in [1.82, 2.24) is 0 Å². The fourth-order valence-electron chi connectivity index (χ4n) is 3.03. The molecule has 0 saturated heterocycles. The van der Waals surface area contributed by atoms with Crippen LogP contribution in [0, 0.1) is 0 Å². The van der Waals surface area contributed by atoms with Crippen LogP contribution in [0.5, 0.6) is 0 Å². The minimum atomic E-state index is -0.916. The van der Waals surface area contributed by atoms with Gasteiger partial charge >= 0.3 is 0 Å². The third-order valence-electron chi connectivity index (χ3n) is 5.77. The molecular formula is C16H36Si2. The lowest BCUT2D eigenvalue weighted by Gasteiger charge is -2.28. The number of hydrogen-bond donors (Lipinski definition) is 0. The normalized spacial score (nSPS) is 13.4. The van der Waals surface area contributed by atoms with Crippen LogP contribution in [0.15, 0.2) is 12.2 Å². The van der Waals surface area contributed by atoms with Crippen LogP contribution in [0.25, 0.3) is 0 Å². The van der Waals surface area contributed by atoms with Crippen molar-refractivity contribution in [3.63, 3.8) is 0 Å². The summed E-state index contributed by atoms with van der Waals surface area (Å²) in [6.07, 6.45) is 5.12. The Morgan fingerprint density at radius 1 is 0.500 bits per heavy atom. The molecule has 0 aromatic rings. The van der Waals surface area contributed by atoms with Crippen LogP contribution in [-0.4, -0.2) is 16.1 Å². The van der Waals surface area contributed by atoms with Crippen molar-refractivity contribution in [3.8, 4) is 0 Å². The van der Waals surface area contributed by atoms with Crippen molar-refractivity contribution in [2.24, 2.45) is 0 Å². The van der Waals surface area contributed by atoms with Gasteiger partial charge in [-0.2, -0.15) is 0 Å². The maximum Gasteiger partial charge on any atom is 0.0565 e. The molecule has 18 heavy (non-hydrogen) atoms. The van der Waals surface area contributed by atoms with Crippen molar-refractivity contribution >= 4 is 16.1 Å². The van der Waals surface area contributed by atoms with E-state index in [9.17, 15) is 0 Å². The Morgan fingerprint density at radius 3 is 0.889 bits per heavy atom. The molecule has 0 atom stereocenters. The monoisotopic (exact) mass is 284 g/mol. The van der Waals surface area contributed by atoms with Gasteiger partial charge in [0.15, 0.2) is 0 Å². The first-order chi connectivity index (χ1) is 8.57. The summed E-state index contributed by atoms with van der Waals surface area (Å²) in [6.45, 7) is 14.5. The Balaban J connectivity index is 4.40. The summed E-state index contributed by atoms with van der Waals surface area (Å²) in [5.74, 6) is 0. The minimum absolute atomic E-state index is 0.916. The van der Waals surface area contributed by atoms with Crippen LogP contribution < -0.4 is 0 Å². The third kappa shape index (κ3) is 5.04. The first kappa shape index (κ1) is 18.2. The van der Waals surface area contributed by atoms with E-state index >= 15 is 0 Å². The predicted molar refractivity (Wildman–Crippen MR) is 93.1 cm³/mol. The Morgan fingerprint density at radius 2 is 0.722 bits per heavy atom. The zero-order chi connectivity index (χ0) is 14.1. The summed E-state index contributed by atoms with van der Waals surface area (Å²) in [5, 5.41) is 0.